The van der Waals surface area contributed by atoms with Gasteiger partial charge in [0.1, 0.15) is 6.33 Å². The number of thioether (sulfide) groups is 1. The van der Waals surface area contributed by atoms with Crippen LogP contribution in [0.15, 0.2) is 35.7 Å². The zero-order valence-corrected chi connectivity index (χ0v) is 19.2. The zero-order valence-electron chi connectivity index (χ0n) is 18.3. The molecule has 1 saturated heterocycles. The van der Waals surface area contributed by atoms with E-state index in [4.69, 9.17) is 0 Å². The second-order valence-corrected chi connectivity index (χ2v) is 8.83. The Morgan fingerprint density at radius 1 is 1.29 bits per heavy atom. The van der Waals surface area contributed by atoms with Gasteiger partial charge in [-0.1, -0.05) is 37.6 Å². The van der Waals surface area contributed by atoms with E-state index in [9.17, 15) is 9.59 Å². The van der Waals surface area contributed by atoms with Gasteiger partial charge < -0.3 is 15.2 Å². The fraction of sp³-hybridized carbons (Fsp3) is 0.545. The number of rotatable bonds is 10. The fourth-order valence-corrected chi connectivity index (χ4v) is 4.42. The molecule has 168 valence electrons. The van der Waals surface area contributed by atoms with Crippen molar-refractivity contribution in [3.63, 3.8) is 0 Å². The van der Waals surface area contributed by atoms with Crippen molar-refractivity contribution in [3.05, 3.63) is 36.2 Å². The van der Waals surface area contributed by atoms with Crippen molar-refractivity contribution in [2.24, 2.45) is 7.05 Å². The van der Waals surface area contributed by atoms with E-state index in [1.54, 1.807) is 35.2 Å². The number of aryl methyl sites for hydroxylation is 1. The van der Waals surface area contributed by atoms with Crippen LogP contribution in [0.5, 0.6) is 0 Å². The van der Waals surface area contributed by atoms with Crippen LogP contribution < -0.4 is 10.6 Å². The van der Waals surface area contributed by atoms with Gasteiger partial charge in [0, 0.05) is 30.9 Å². The highest BCUT2D eigenvalue weighted by molar-refractivity contribution is 7.99. The number of amides is 2. The molecule has 8 nitrogen and oxygen atoms in total. The quantitative estimate of drug-likeness (QED) is 0.548. The molecule has 1 aliphatic rings. The summed E-state index contributed by atoms with van der Waals surface area (Å²) in [6.07, 6.45) is 7.57. The first-order valence-corrected chi connectivity index (χ1v) is 11.9. The van der Waals surface area contributed by atoms with Gasteiger partial charge in [0.05, 0.1) is 5.75 Å². The molecular formula is C22H32N6O2S. The predicted molar refractivity (Wildman–Crippen MR) is 123 cm³/mol. The number of anilines is 1. The minimum atomic E-state index is -0.153. The topological polar surface area (TPSA) is 92.2 Å². The SMILES string of the molecule is CCCCN1CCCCC1CNC(=O)c1cccc(NC(=O)CSc2nncn2C)c1. The minimum absolute atomic E-state index is 0.106. The summed E-state index contributed by atoms with van der Waals surface area (Å²) in [7, 11) is 1.83. The summed E-state index contributed by atoms with van der Waals surface area (Å²) in [5.74, 6) is -0.0389. The van der Waals surface area contributed by atoms with Gasteiger partial charge in [-0.15, -0.1) is 10.2 Å². The molecule has 0 aliphatic carbocycles. The number of carbonyl (C=O) groups is 2. The van der Waals surface area contributed by atoms with Crippen molar-refractivity contribution in [2.75, 3.05) is 30.7 Å². The summed E-state index contributed by atoms with van der Waals surface area (Å²) in [6.45, 7) is 5.09. The fourth-order valence-electron chi connectivity index (χ4n) is 3.73. The summed E-state index contributed by atoms with van der Waals surface area (Å²) in [4.78, 5) is 27.5. The summed E-state index contributed by atoms with van der Waals surface area (Å²) >= 11 is 1.31. The molecule has 1 aromatic carbocycles. The first-order valence-electron chi connectivity index (χ1n) is 11.0. The lowest BCUT2D eigenvalue weighted by Crippen LogP contribution is -2.47. The summed E-state index contributed by atoms with van der Waals surface area (Å²) in [6, 6.07) is 7.47. The first kappa shape index (κ1) is 23.3. The van der Waals surface area contributed by atoms with Crippen LogP contribution in [0, 0.1) is 0 Å². The average Bonchev–Trinajstić information content (AvgIpc) is 3.20. The molecule has 1 fully saturated rings. The Bertz CT molecular complexity index is 871. The molecule has 0 spiro atoms. The van der Waals surface area contributed by atoms with E-state index in [1.807, 2.05) is 7.05 Å². The van der Waals surface area contributed by atoms with E-state index in [2.05, 4.69) is 32.7 Å². The monoisotopic (exact) mass is 444 g/mol. The third-order valence-corrected chi connectivity index (χ3v) is 6.49. The molecule has 9 heteroatoms. The van der Waals surface area contributed by atoms with Crippen LogP contribution in [0.1, 0.15) is 49.4 Å². The molecule has 0 saturated carbocycles. The Labute approximate surface area is 188 Å². The molecule has 1 atom stereocenters. The highest BCUT2D eigenvalue weighted by Gasteiger charge is 2.22. The van der Waals surface area contributed by atoms with Crippen LogP contribution in [-0.4, -0.2) is 62.9 Å². The van der Waals surface area contributed by atoms with E-state index < -0.39 is 0 Å². The van der Waals surface area contributed by atoms with Gasteiger partial charge in [0.15, 0.2) is 5.16 Å². The lowest BCUT2D eigenvalue weighted by atomic mass is 10.0. The molecule has 0 bridgehead atoms. The van der Waals surface area contributed by atoms with Crippen molar-refractivity contribution in [2.45, 2.75) is 50.2 Å². The van der Waals surface area contributed by atoms with E-state index >= 15 is 0 Å². The molecule has 0 radical (unpaired) electrons. The molecular weight excluding hydrogens is 412 g/mol. The first-order chi connectivity index (χ1) is 15.1. The highest BCUT2D eigenvalue weighted by atomic mass is 32.2. The smallest absolute Gasteiger partial charge is 0.251 e. The molecule has 3 rings (SSSR count). The lowest BCUT2D eigenvalue weighted by molar-refractivity contribution is -0.113. The zero-order chi connectivity index (χ0) is 22.1. The standard InChI is InChI=1S/C22H32N6O2S/c1-3-4-11-28-12-6-5-10-19(28)14-23-21(30)17-8-7-9-18(13-17)25-20(29)15-31-22-26-24-16-27(22)2/h7-9,13,16,19H,3-6,10-12,14-15H2,1-2H3,(H,23,30)(H,25,29). The number of piperidine rings is 1. The number of nitrogens with one attached hydrogen (secondary N) is 2. The van der Waals surface area contributed by atoms with Crippen LogP contribution in [0.4, 0.5) is 5.69 Å². The Kier molecular flexibility index (Phi) is 8.90. The van der Waals surface area contributed by atoms with Crippen LogP contribution in [-0.2, 0) is 11.8 Å². The van der Waals surface area contributed by atoms with Crippen molar-refractivity contribution in [1.29, 1.82) is 0 Å². The molecule has 1 unspecified atom stereocenters. The normalized spacial score (nSPS) is 16.8. The largest absolute Gasteiger partial charge is 0.350 e. The maximum atomic E-state index is 12.7. The van der Waals surface area contributed by atoms with Gasteiger partial charge in [-0.25, -0.2) is 0 Å². The van der Waals surface area contributed by atoms with Crippen molar-refractivity contribution in [1.82, 2.24) is 25.0 Å². The minimum Gasteiger partial charge on any atom is -0.350 e. The number of hydrogen-bond acceptors (Lipinski definition) is 6. The molecule has 1 aromatic heterocycles. The number of hydrogen-bond donors (Lipinski definition) is 2. The Hall–Kier alpha value is -2.39. The maximum absolute atomic E-state index is 12.7. The van der Waals surface area contributed by atoms with E-state index in [0.29, 0.717) is 29.0 Å². The number of nitrogens with zero attached hydrogens (tertiary/aromatic N) is 4. The van der Waals surface area contributed by atoms with E-state index in [0.717, 1.165) is 19.5 Å². The van der Waals surface area contributed by atoms with Gasteiger partial charge in [-0.2, -0.15) is 0 Å². The number of aromatic nitrogens is 3. The Morgan fingerprint density at radius 3 is 2.94 bits per heavy atom. The predicted octanol–water partition coefficient (Wildman–Crippen LogP) is 2.93. The molecule has 2 aromatic rings. The summed E-state index contributed by atoms with van der Waals surface area (Å²) in [5.41, 5.74) is 1.16. The molecule has 2 N–H and O–H groups in total. The van der Waals surface area contributed by atoms with Gasteiger partial charge in [-0.3, -0.25) is 14.5 Å². The number of likely N-dealkylation sites (tertiary alicyclic amines) is 1. The van der Waals surface area contributed by atoms with Crippen LogP contribution in [0.3, 0.4) is 0 Å². The van der Waals surface area contributed by atoms with Gasteiger partial charge in [0.25, 0.3) is 5.91 Å². The van der Waals surface area contributed by atoms with Gasteiger partial charge in [-0.05, 0) is 50.6 Å². The lowest BCUT2D eigenvalue weighted by Gasteiger charge is -2.35. The third-order valence-electron chi connectivity index (χ3n) is 5.46. The van der Waals surface area contributed by atoms with Gasteiger partial charge in [0.2, 0.25) is 5.91 Å². The number of unbranched alkanes of at least 4 members (excludes halogenated alkanes) is 1. The highest BCUT2D eigenvalue weighted by Crippen LogP contribution is 2.18. The number of benzene rings is 1. The third kappa shape index (κ3) is 7.07. The second-order valence-electron chi connectivity index (χ2n) is 7.89. The number of carbonyl (C=O) groups excluding carboxylic acids is 2. The maximum Gasteiger partial charge on any atom is 0.251 e. The van der Waals surface area contributed by atoms with Crippen LogP contribution in [0.25, 0.3) is 0 Å². The van der Waals surface area contributed by atoms with Crippen LogP contribution in [0.2, 0.25) is 0 Å². The van der Waals surface area contributed by atoms with E-state index in [-0.39, 0.29) is 17.6 Å². The van der Waals surface area contributed by atoms with Crippen LogP contribution >= 0.6 is 11.8 Å². The summed E-state index contributed by atoms with van der Waals surface area (Å²) < 4.78 is 1.76. The Balaban J connectivity index is 1.49. The van der Waals surface area contributed by atoms with E-state index in [1.165, 1.54) is 37.4 Å². The van der Waals surface area contributed by atoms with Crippen molar-refractivity contribution >= 4 is 29.3 Å². The average molecular weight is 445 g/mol. The molecule has 31 heavy (non-hydrogen) atoms. The second kappa shape index (κ2) is 11.9. The van der Waals surface area contributed by atoms with Crippen molar-refractivity contribution < 1.29 is 9.59 Å². The molecule has 2 amide bonds. The molecule has 2 heterocycles. The van der Waals surface area contributed by atoms with Crippen molar-refractivity contribution in [3.8, 4) is 0 Å². The molecule has 1 aliphatic heterocycles. The summed E-state index contributed by atoms with van der Waals surface area (Å²) in [5, 5.41) is 14.4. The Morgan fingerprint density at radius 2 is 2.16 bits per heavy atom. The van der Waals surface area contributed by atoms with Gasteiger partial charge >= 0.3 is 0 Å².